The molecule has 1 aromatic rings. The summed E-state index contributed by atoms with van der Waals surface area (Å²) >= 11 is 1.51. The summed E-state index contributed by atoms with van der Waals surface area (Å²) in [6.45, 7) is 0. The summed E-state index contributed by atoms with van der Waals surface area (Å²) < 4.78 is 41.6. The summed E-state index contributed by atoms with van der Waals surface area (Å²) in [6.07, 6.45) is -3.84. The number of carbonyl (C=O) groups excluding carboxylic acids is 1. The molecule has 2 N–H and O–H groups in total. The number of ether oxygens (including phenoxy) is 1. The van der Waals surface area contributed by atoms with Crippen LogP contribution in [0, 0.1) is 0 Å². The van der Waals surface area contributed by atoms with Crippen molar-refractivity contribution in [2.24, 2.45) is 5.73 Å². The molecule has 1 atom stereocenters. The van der Waals surface area contributed by atoms with Crippen LogP contribution in [0.25, 0.3) is 0 Å². The highest BCUT2D eigenvalue weighted by atomic mass is 32.2. The Morgan fingerprint density at radius 3 is 2.45 bits per heavy atom. The Bertz CT molecular complexity index is 434. The number of halogens is 3. The fourth-order valence-corrected chi connectivity index (χ4v) is 2.45. The third-order valence-electron chi connectivity index (χ3n) is 2.63. The number of hydrogen-bond acceptors (Lipinski definition) is 4. The Morgan fingerprint density at radius 2 is 1.95 bits per heavy atom. The lowest BCUT2D eigenvalue weighted by Crippen LogP contribution is -2.31. The summed E-state index contributed by atoms with van der Waals surface area (Å²) in [5, 5.41) is 0. The van der Waals surface area contributed by atoms with E-state index in [-0.39, 0.29) is 0 Å². The molecule has 0 amide bonds. The van der Waals surface area contributed by atoms with E-state index in [1.54, 1.807) is 0 Å². The average molecular weight is 307 g/mol. The van der Waals surface area contributed by atoms with Gasteiger partial charge in [0.2, 0.25) is 0 Å². The van der Waals surface area contributed by atoms with Crippen molar-refractivity contribution in [3.8, 4) is 0 Å². The molecule has 1 rings (SSSR count). The van der Waals surface area contributed by atoms with Crippen molar-refractivity contribution in [2.45, 2.75) is 24.4 Å². The van der Waals surface area contributed by atoms with Crippen LogP contribution in [0.4, 0.5) is 13.2 Å². The number of hydrogen-bond donors (Lipinski definition) is 1. The first kappa shape index (κ1) is 16.8. The predicted octanol–water partition coefficient (Wildman–Crippen LogP) is 2.83. The number of esters is 1. The van der Waals surface area contributed by atoms with Gasteiger partial charge in [-0.1, -0.05) is 12.1 Å². The Kier molecular flexibility index (Phi) is 6.35. The molecule has 7 heteroatoms. The summed E-state index contributed by atoms with van der Waals surface area (Å²) in [6, 6.07) is 4.39. The van der Waals surface area contributed by atoms with E-state index in [1.807, 2.05) is 0 Å². The normalized spacial score (nSPS) is 13.1. The van der Waals surface area contributed by atoms with Crippen LogP contribution in [0.5, 0.6) is 0 Å². The number of nitrogens with two attached hydrogens (primary N) is 1. The van der Waals surface area contributed by atoms with Crippen molar-refractivity contribution in [3.05, 3.63) is 35.4 Å². The van der Waals surface area contributed by atoms with Crippen LogP contribution in [0.1, 0.15) is 17.5 Å². The molecule has 1 unspecified atom stereocenters. The second-order valence-corrected chi connectivity index (χ2v) is 5.27. The van der Waals surface area contributed by atoms with Gasteiger partial charge in [0.25, 0.3) is 0 Å². The van der Waals surface area contributed by atoms with Gasteiger partial charge in [0.1, 0.15) is 6.04 Å². The lowest BCUT2D eigenvalue weighted by molar-refractivity contribution is -0.142. The molecule has 0 fully saturated rings. The first-order valence-corrected chi connectivity index (χ1v) is 7.07. The Balaban J connectivity index is 2.34. The third-order valence-corrected chi connectivity index (χ3v) is 3.69. The highest BCUT2D eigenvalue weighted by Crippen LogP contribution is 2.29. The van der Waals surface area contributed by atoms with Crippen molar-refractivity contribution in [1.29, 1.82) is 0 Å². The monoisotopic (exact) mass is 307 g/mol. The largest absolute Gasteiger partial charge is 0.468 e. The molecule has 112 valence electrons. The molecule has 20 heavy (non-hydrogen) atoms. The van der Waals surface area contributed by atoms with E-state index in [9.17, 15) is 18.0 Å². The van der Waals surface area contributed by atoms with Gasteiger partial charge in [-0.15, -0.1) is 0 Å². The summed E-state index contributed by atoms with van der Waals surface area (Å²) in [5.41, 5.74) is 5.71. The maximum Gasteiger partial charge on any atom is 0.416 e. The maximum absolute atomic E-state index is 12.4. The van der Waals surface area contributed by atoms with Gasteiger partial charge in [0.15, 0.2) is 0 Å². The molecular weight excluding hydrogens is 291 g/mol. The molecule has 0 aliphatic heterocycles. The zero-order valence-electron chi connectivity index (χ0n) is 10.9. The Labute approximate surface area is 119 Å². The van der Waals surface area contributed by atoms with Gasteiger partial charge in [-0.3, -0.25) is 4.79 Å². The molecule has 0 aromatic heterocycles. The quantitative estimate of drug-likeness (QED) is 0.648. The van der Waals surface area contributed by atoms with Crippen LogP contribution >= 0.6 is 11.8 Å². The van der Waals surface area contributed by atoms with Crippen LogP contribution in [-0.4, -0.2) is 24.9 Å². The van der Waals surface area contributed by atoms with Gasteiger partial charge in [-0.05, 0) is 29.9 Å². The number of methoxy groups -OCH3 is 1. The number of rotatable bonds is 6. The van der Waals surface area contributed by atoms with Crippen LogP contribution in [0.3, 0.4) is 0 Å². The van der Waals surface area contributed by atoms with Gasteiger partial charge in [0.05, 0.1) is 12.7 Å². The number of carbonyl (C=O) groups is 1. The Morgan fingerprint density at radius 1 is 1.35 bits per heavy atom. The zero-order valence-corrected chi connectivity index (χ0v) is 11.8. The summed E-state index contributed by atoms with van der Waals surface area (Å²) in [7, 11) is 1.28. The van der Waals surface area contributed by atoms with Gasteiger partial charge >= 0.3 is 12.1 Å². The minimum atomic E-state index is -4.31. The van der Waals surface area contributed by atoms with Crippen LogP contribution in [-0.2, 0) is 21.5 Å². The van der Waals surface area contributed by atoms with Crippen molar-refractivity contribution < 1.29 is 22.7 Å². The predicted molar refractivity (Wildman–Crippen MR) is 72.2 cm³/mol. The third kappa shape index (κ3) is 5.42. The topological polar surface area (TPSA) is 52.3 Å². The molecule has 0 aliphatic rings. The van der Waals surface area contributed by atoms with Crippen LogP contribution in [0.15, 0.2) is 24.3 Å². The molecule has 1 aromatic carbocycles. The first-order valence-electron chi connectivity index (χ1n) is 5.92. The summed E-state index contributed by atoms with van der Waals surface area (Å²) in [4.78, 5) is 11.0. The smallest absolute Gasteiger partial charge is 0.416 e. The molecule has 0 bridgehead atoms. The van der Waals surface area contributed by atoms with E-state index in [4.69, 9.17) is 5.73 Å². The fraction of sp³-hybridized carbons (Fsp3) is 0.462. The minimum absolute atomic E-state index is 0.458. The molecule has 0 saturated carbocycles. The maximum atomic E-state index is 12.4. The van der Waals surface area contributed by atoms with Gasteiger partial charge in [-0.25, -0.2) is 0 Å². The van der Waals surface area contributed by atoms with E-state index < -0.39 is 23.8 Å². The van der Waals surface area contributed by atoms with Crippen molar-refractivity contribution in [3.63, 3.8) is 0 Å². The fourth-order valence-electron chi connectivity index (χ4n) is 1.46. The lowest BCUT2D eigenvalue weighted by atomic mass is 10.1. The molecular formula is C13H16F3NO2S. The standard InChI is InChI=1S/C13H16F3NO2S/c1-19-12(18)11(17)6-7-20-8-9-2-4-10(5-3-9)13(14,15)16/h2-5,11H,6-8,17H2,1H3. The second-order valence-electron chi connectivity index (χ2n) is 4.17. The molecule has 3 nitrogen and oxygen atoms in total. The highest BCUT2D eigenvalue weighted by molar-refractivity contribution is 7.98. The average Bonchev–Trinajstić information content (AvgIpc) is 2.42. The Hall–Kier alpha value is -1.21. The van der Waals surface area contributed by atoms with Crippen molar-refractivity contribution in [2.75, 3.05) is 12.9 Å². The number of benzene rings is 1. The molecule has 0 aliphatic carbocycles. The molecule has 0 saturated heterocycles. The van der Waals surface area contributed by atoms with Crippen molar-refractivity contribution >= 4 is 17.7 Å². The highest BCUT2D eigenvalue weighted by Gasteiger charge is 2.29. The van der Waals surface area contributed by atoms with Gasteiger partial charge in [0, 0.05) is 5.75 Å². The second kappa shape index (κ2) is 7.54. The van der Waals surface area contributed by atoms with Gasteiger partial charge < -0.3 is 10.5 Å². The van der Waals surface area contributed by atoms with Crippen LogP contribution < -0.4 is 5.73 Å². The number of alkyl halides is 3. The lowest BCUT2D eigenvalue weighted by Gasteiger charge is -2.09. The SMILES string of the molecule is COC(=O)C(N)CCSCc1ccc(C(F)(F)F)cc1. The van der Waals surface area contributed by atoms with Crippen molar-refractivity contribution in [1.82, 2.24) is 0 Å². The molecule has 0 spiro atoms. The zero-order chi connectivity index (χ0) is 15.2. The van der Waals surface area contributed by atoms with E-state index in [0.29, 0.717) is 17.9 Å². The van der Waals surface area contributed by atoms with E-state index in [2.05, 4.69) is 4.74 Å². The van der Waals surface area contributed by atoms with E-state index in [1.165, 1.54) is 31.0 Å². The van der Waals surface area contributed by atoms with Gasteiger partial charge in [-0.2, -0.15) is 24.9 Å². The number of thioether (sulfide) groups is 1. The molecule has 0 radical (unpaired) electrons. The molecule has 0 heterocycles. The van der Waals surface area contributed by atoms with Crippen LogP contribution in [0.2, 0.25) is 0 Å². The minimum Gasteiger partial charge on any atom is -0.468 e. The van der Waals surface area contributed by atoms with E-state index >= 15 is 0 Å². The summed E-state index contributed by atoms with van der Waals surface area (Å²) in [5.74, 6) is 0.753. The first-order chi connectivity index (χ1) is 9.34. The van der Waals surface area contributed by atoms with E-state index in [0.717, 1.165) is 17.7 Å².